The van der Waals surface area contributed by atoms with Crippen molar-refractivity contribution in [2.24, 2.45) is 0 Å². The Morgan fingerprint density at radius 2 is 1.59 bits per heavy atom. The summed E-state index contributed by atoms with van der Waals surface area (Å²) in [4.78, 5) is 37.7. The molecule has 0 aliphatic carbocycles. The lowest BCUT2D eigenvalue weighted by molar-refractivity contribution is 0.0841. The normalized spacial score (nSPS) is 11.7. The predicted molar refractivity (Wildman–Crippen MR) is 123 cm³/mol. The van der Waals surface area contributed by atoms with Gasteiger partial charge in [-0.25, -0.2) is 22.2 Å². The maximum Gasteiger partial charge on any atom is 0.290 e. The molecule has 0 saturated carbocycles. The number of aromatic nitrogens is 2. The van der Waals surface area contributed by atoms with E-state index in [1.807, 2.05) is 0 Å². The van der Waals surface area contributed by atoms with Gasteiger partial charge in [0.25, 0.3) is 17.4 Å². The van der Waals surface area contributed by atoms with Crippen LogP contribution in [0.15, 0.2) is 52.2 Å². The number of amides is 2. The van der Waals surface area contributed by atoms with Crippen molar-refractivity contribution < 1.29 is 22.4 Å². The summed E-state index contributed by atoms with van der Waals surface area (Å²) in [5.41, 5.74) is 3.13. The molecule has 0 saturated heterocycles. The van der Waals surface area contributed by atoms with Gasteiger partial charge in [0.05, 0.1) is 21.9 Å². The monoisotopic (exact) mass is 489 g/mol. The highest BCUT2D eigenvalue weighted by Gasteiger charge is 2.22. The summed E-state index contributed by atoms with van der Waals surface area (Å²) in [5, 5.41) is 4.66. The Hall–Kier alpha value is -3.64. The van der Waals surface area contributed by atoms with Crippen molar-refractivity contribution in [1.82, 2.24) is 25.4 Å². The lowest BCUT2D eigenvalue weighted by Crippen LogP contribution is -2.43. The van der Waals surface area contributed by atoms with Crippen LogP contribution in [-0.4, -0.2) is 36.1 Å². The number of nitrogens with one attached hydrogen (secondary N) is 3. The van der Waals surface area contributed by atoms with E-state index in [1.165, 1.54) is 0 Å². The maximum absolute atomic E-state index is 14.3. The van der Waals surface area contributed by atoms with Crippen LogP contribution in [0.25, 0.3) is 10.8 Å². The number of halogens is 1. The van der Waals surface area contributed by atoms with E-state index in [4.69, 9.17) is 0 Å². The van der Waals surface area contributed by atoms with E-state index in [-0.39, 0.29) is 33.0 Å². The summed E-state index contributed by atoms with van der Waals surface area (Å²) < 4.78 is 42.5. The molecule has 0 aliphatic heterocycles. The number of hydrogen-bond acceptors (Lipinski definition) is 6. The standard InChI is InChI=1S/C22H24FN5O5S/c1-12(2)27-34(32,33)14-9-10-18(23)17(11-14)20(29)24-25-21(30)19-15-7-5-6-8-16(15)22(31)28(26-19)13(3)4/h5-13,27H,1-4H3,(H,24,29)(H,25,30). The fraction of sp³-hybridized carbons (Fsp3) is 0.273. The Morgan fingerprint density at radius 3 is 2.21 bits per heavy atom. The number of fused-ring (bicyclic) bond motifs is 1. The van der Waals surface area contributed by atoms with Crippen LogP contribution in [0.5, 0.6) is 0 Å². The van der Waals surface area contributed by atoms with Crippen LogP contribution in [0.2, 0.25) is 0 Å². The highest BCUT2D eigenvalue weighted by Crippen LogP contribution is 2.17. The Balaban J connectivity index is 1.89. The first-order valence-corrected chi connectivity index (χ1v) is 11.8. The Labute approximate surface area is 195 Å². The molecule has 12 heteroatoms. The topological polar surface area (TPSA) is 139 Å². The molecule has 3 N–H and O–H groups in total. The first-order chi connectivity index (χ1) is 15.9. The average Bonchev–Trinajstić information content (AvgIpc) is 2.76. The van der Waals surface area contributed by atoms with Crippen molar-refractivity contribution in [3.8, 4) is 0 Å². The number of hydrogen-bond donors (Lipinski definition) is 3. The second-order valence-electron chi connectivity index (χ2n) is 8.06. The summed E-state index contributed by atoms with van der Waals surface area (Å²) in [6.07, 6.45) is 0. The first kappa shape index (κ1) is 25.0. The lowest BCUT2D eigenvalue weighted by Gasteiger charge is -2.14. The summed E-state index contributed by atoms with van der Waals surface area (Å²) in [6.45, 7) is 6.68. The molecule has 34 heavy (non-hydrogen) atoms. The number of benzene rings is 2. The average molecular weight is 490 g/mol. The minimum Gasteiger partial charge on any atom is -0.267 e. The van der Waals surface area contributed by atoms with Crippen molar-refractivity contribution in [2.75, 3.05) is 0 Å². The number of sulfonamides is 1. The fourth-order valence-electron chi connectivity index (χ4n) is 3.19. The van der Waals surface area contributed by atoms with Crippen molar-refractivity contribution in [3.63, 3.8) is 0 Å². The SMILES string of the molecule is CC(C)NS(=O)(=O)c1ccc(F)c(C(=O)NNC(=O)c2nn(C(C)C)c(=O)c3ccccc23)c1. The summed E-state index contributed by atoms with van der Waals surface area (Å²) in [6, 6.07) is 8.37. The van der Waals surface area contributed by atoms with Gasteiger partial charge in [0.15, 0.2) is 5.69 Å². The molecule has 1 heterocycles. The first-order valence-electron chi connectivity index (χ1n) is 10.4. The number of nitrogens with zero attached hydrogens (tertiary/aromatic N) is 2. The maximum atomic E-state index is 14.3. The highest BCUT2D eigenvalue weighted by molar-refractivity contribution is 7.89. The van der Waals surface area contributed by atoms with Crippen LogP contribution in [-0.2, 0) is 10.0 Å². The molecule has 0 bridgehead atoms. The summed E-state index contributed by atoms with van der Waals surface area (Å²) in [7, 11) is -3.97. The minimum atomic E-state index is -3.97. The quantitative estimate of drug-likeness (QED) is 0.452. The zero-order valence-corrected chi connectivity index (χ0v) is 19.7. The van der Waals surface area contributed by atoms with E-state index < -0.39 is 39.3 Å². The number of carbonyl (C=O) groups excluding carboxylic acids is 2. The van der Waals surface area contributed by atoms with Crippen LogP contribution >= 0.6 is 0 Å². The van der Waals surface area contributed by atoms with Gasteiger partial charge in [-0.1, -0.05) is 18.2 Å². The van der Waals surface area contributed by atoms with E-state index in [0.29, 0.717) is 0 Å². The molecule has 0 radical (unpaired) electrons. The molecule has 0 aliphatic rings. The van der Waals surface area contributed by atoms with Gasteiger partial charge in [0.2, 0.25) is 10.0 Å². The van der Waals surface area contributed by atoms with Crippen LogP contribution in [0.3, 0.4) is 0 Å². The van der Waals surface area contributed by atoms with Crippen LogP contribution < -0.4 is 21.1 Å². The van der Waals surface area contributed by atoms with E-state index in [9.17, 15) is 27.2 Å². The number of hydrazine groups is 1. The van der Waals surface area contributed by atoms with Gasteiger partial charge < -0.3 is 0 Å². The van der Waals surface area contributed by atoms with Gasteiger partial charge in [0.1, 0.15) is 5.82 Å². The van der Waals surface area contributed by atoms with E-state index in [2.05, 4.69) is 20.7 Å². The van der Waals surface area contributed by atoms with Gasteiger partial charge in [-0.05, 0) is 52.0 Å². The molecule has 10 nitrogen and oxygen atoms in total. The summed E-state index contributed by atoms with van der Waals surface area (Å²) in [5.74, 6) is -2.90. The molecule has 0 fully saturated rings. The molecule has 3 aromatic rings. The number of carbonyl (C=O) groups is 2. The summed E-state index contributed by atoms with van der Waals surface area (Å²) >= 11 is 0. The molecule has 0 spiro atoms. The second kappa shape index (κ2) is 9.69. The van der Waals surface area contributed by atoms with Gasteiger partial charge in [0, 0.05) is 11.4 Å². The van der Waals surface area contributed by atoms with Crippen LogP contribution in [0.1, 0.15) is 54.6 Å². The second-order valence-corrected chi connectivity index (χ2v) is 9.78. The largest absolute Gasteiger partial charge is 0.290 e. The third-order valence-electron chi connectivity index (χ3n) is 4.71. The van der Waals surface area contributed by atoms with Crippen LogP contribution in [0, 0.1) is 5.82 Å². The third-order valence-corrected chi connectivity index (χ3v) is 6.36. The Bertz CT molecular complexity index is 1430. The number of rotatable bonds is 6. The lowest BCUT2D eigenvalue weighted by atomic mass is 10.1. The molecule has 3 rings (SSSR count). The van der Waals surface area contributed by atoms with Crippen molar-refractivity contribution >= 4 is 32.6 Å². The molecule has 0 atom stereocenters. The van der Waals surface area contributed by atoms with Gasteiger partial charge in [-0.2, -0.15) is 5.10 Å². The molecular weight excluding hydrogens is 465 g/mol. The van der Waals surface area contributed by atoms with E-state index in [0.717, 1.165) is 22.9 Å². The van der Waals surface area contributed by atoms with Gasteiger partial charge in [-0.3, -0.25) is 25.2 Å². The third kappa shape index (κ3) is 5.13. The Morgan fingerprint density at radius 1 is 0.971 bits per heavy atom. The van der Waals surface area contributed by atoms with Gasteiger partial charge in [-0.15, -0.1) is 0 Å². The molecule has 1 aromatic heterocycles. The molecular formula is C22H24FN5O5S. The fourth-order valence-corrected chi connectivity index (χ4v) is 4.47. The molecule has 2 aromatic carbocycles. The van der Waals surface area contributed by atoms with E-state index >= 15 is 0 Å². The van der Waals surface area contributed by atoms with E-state index in [1.54, 1.807) is 52.0 Å². The highest BCUT2D eigenvalue weighted by atomic mass is 32.2. The predicted octanol–water partition coefficient (Wildman–Crippen LogP) is 1.88. The Kier molecular flexibility index (Phi) is 7.12. The van der Waals surface area contributed by atoms with Crippen LogP contribution in [0.4, 0.5) is 4.39 Å². The smallest absolute Gasteiger partial charge is 0.267 e. The molecule has 180 valence electrons. The minimum absolute atomic E-state index is 0.123. The zero-order chi connectivity index (χ0) is 25.2. The van der Waals surface area contributed by atoms with Crippen molar-refractivity contribution in [1.29, 1.82) is 0 Å². The van der Waals surface area contributed by atoms with Gasteiger partial charge >= 0.3 is 0 Å². The molecule has 2 amide bonds. The van der Waals surface area contributed by atoms with Crippen molar-refractivity contribution in [3.05, 3.63) is 69.9 Å². The zero-order valence-electron chi connectivity index (χ0n) is 18.9. The molecule has 0 unspecified atom stereocenters. The van der Waals surface area contributed by atoms with Crippen molar-refractivity contribution in [2.45, 2.75) is 44.7 Å².